The SMILES string of the molecule is O=C=Nc1cc(Br)ccc1F. The van der Waals surface area contributed by atoms with Gasteiger partial charge in [-0.15, -0.1) is 0 Å². The second-order valence-corrected chi connectivity index (χ2v) is 2.71. The lowest BCUT2D eigenvalue weighted by molar-refractivity contribution is 0.564. The summed E-state index contributed by atoms with van der Waals surface area (Å²) in [5.74, 6) is -0.531. The molecule has 0 spiro atoms. The van der Waals surface area contributed by atoms with Gasteiger partial charge in [-0.25, -0.2) is 9.18 Å². The van der Waals surface area contributed by atoms with Crippen molar-refractivity contribution in [2.45, 2.75) is 0 Å². The van der Waals surface area contributed by atoms with E-state index in [1.54, 1.807) is 0 Å². The Morgan fingerprint density at radius 1 is 1.55 bits per heavy atom. The molecular formula is C7H3BrFNO. The number of hydrogen-bond donors (Lipinski definition) is 0. The number of benzene rings is 1. The highest BCUT2D eigenvalue weighted by Gasteiger charge is 1.99. The molecule has 0 aliphatic rings. The molecule has 0 aliphatic heterocycles. The highest BCUT2D eigenvalue weighted by atomic mass is 79.9. The minimum Gasteiger partial charge on any atom is -0.211 e. The molecule has 1 rings (SSSR count). The average molecular weight is 216 g/mol. The predicted octanol–water partition coefficient (Wildman–Crippen LogP) is 2.56. The molecule has 0 unspecified atom stereocenters. The third-order valence-electron chi connectivity index (χ3n) is 1.07. The van der Waals surface area contributed by atoms with Crippen LogP contribution in [-0.4, -0.2) is 6.08 Å². The molecule has 0 radical (unpaired) electrons. The number of hydrogen-bond acceptors (Lipinski definition) is 2. The fourth-order valence-electron chi connectivity index (χ4n) is 0.621. The van der Waals surface area contributed by atoms with E-state index in [1.165, 1.54) is 24.3 Å². The number of aliphatic imine (C=N–C) groups is 1. The molecule has 0 amide bonds. The first kappa shape index (κ1) is 8.11. The van der Waals surface area contributed by atoms with Crippen molar-refractivity contribution in [3.05, 3.63) is 28.5 Å². The van der Waals surface area contributed by atoms with Crippen LogP contribution in [0.5, 0.6) is 0 Å². The summed E-state index contributed by atoms with van der Waals surface area (Å²) in [6.45, 7) is 0. The molecule has 0 aromatic heterocycles. The lowest BCUT2D eigenvalue weighted by Gasteiger charge is -1.93. The zero-order valence-electron chi connectivity index (χ0n) is 5.34. The Bertz CT molecular complexity index is 320. The van der Waals surface area contributed by atoms with E-state index >= 15 is 0 Å². The Balaban J connectivity index is 3.22. The summed E-state index contributed by atoms with van der Waals surface area (Å²) in [6, 6.07) is 4.15. The van der Waals surface area contributed by atoms with Crippen LogP contribution < -0.4 is 0 Å². The summed E-state index contributed by atoms with van der Waals surface area (Å²) in [5, 5.41) is 0. The summed E-state index contributed by atoms with van der Waals surface area (Å²) >= 11 is 3.11. The van der Waals surface area contributed by atoms with Gasteiger partial charge in [0, 0.05) is 4.47 Å². The second-order valence-electron chi connectivity index (χ2n) is 1.80. The maximum atomic E-state index is 12.7. The van der Waals surface area contributed by atoms with Crippen molar-refractivity contribution >= 4 is 27.7 Å². The second kappa shape index (κ2) is 3.42. The molecule has 0 fully saturated rings. The summed E-state index contributed by atoms with van der Waals surface area (Å²) in [5.41, 5.74) is -0.00521. The van der Waals surface area contributed by atoms with Crippen molar-refractivity contribution in [2.24, 2.45) is 4.99 Å². The van der Waals surface area contributed by atoms with Crippen LogP contribution in [0, 0.1) is 5.82 Å². The Morgan fingerprint density at radius 3 is 2.91 bits per heavy atom. The quantitative estimate of drug-likeness (QED) is 0.523. The van der Waals surface area contributed by atoms with Crippen molar-refractivity contribution in [3.8, 4) is 0 Å². The van der Waals surface area contributed by atoms with Crippen molar-refractivity contribution in [2.75, 3.05) is 0 Å². The van der Waals surface area contributed by atoms with Crippen LogP contribution in [0.3, 0.4) is 0 Å². The Hall–Kier alpha value is -0.990. The topological polar surface area (TPSA) is 29.4 Å². The Kier molecular flexibility index (Phi) is 2.52. The van der Waals surface area contributed by atoms with Crippen LogP contribution >= 0.6 is 15.9 Å². The van der Waals surface area contributed by atoms with E-state index < -0.39 is 5.82 Å². The van der Waals surface area contributed by atoms with Gasteiger partial charge in [0.25, 0.3) is 0 Å². The third kappa shape index (κ3) is 1.97. The van der Waals surface area contributed by atoms with E-state index in [-0.39, 0.29) is 5.69 Å². The molecule has 0 saturated heterocycles. The van der Waals surface area contributed by atoms with Crippen LogP contribution in [-0.2, 0) is 4.79 Å². The molecule has 0 N–H and O–H groups in total. The molecule has 1 aromatic carbocycles. The van der Waals surface area contributed by atoms with Crippen molar-refractivity contribution in [1.29, 1.82) is 0 Å². The van der Waals surface area contributed by atoms with E-state index in [9.17, 15) is 9.18 Å². The van der Waals surface area contributed by atoms with Crippen LogP contribution in [0.4, 0.5) is 10.1 Å². The first-order chi connectivity index (χ1) is 5.24. The molecule has 0 heterocycles. The smallest absolute Gasteiger partial charge is 0.211 e. The molecule has 2 nitrogen and oxygen atoms in total. The number of nitrogens with zero attached hydrogens (tertiary/aromatic N) is 1. The lowest BCUT2D eigenvalue weighted by atomic mass is 10.3. The van der Waals surface area contributed by atoms with E-state index in [1.807, 2.05) is 0 Å². The van der Waals surface area contributed by atoms with Crippen LogP contribution in [0.15, 0.2) is 27.7 Å². The van der Waals surface area contributed by atoms with Gasteiger partial charge in [0.05, 0.1) is 0 Å². The van der Waals surface area contributed by atoms with Gasteiger partial charge >= 0.3 is 0 Å². The first-order valence-electron chi connectivity index (χ1n) is 2.77. The molecule has 0 saturated carbocycles. The van der Waals surface area contributed by atoms with E-state index in [0.29, 0.717) is 4.47 Å². The summed E-state index contributed by atoms with van der Waals surface area (Å²) in [4.78, 5) is 12.9. The Morgan fingerprint density at radius 2 is 2.27 bits per heavy atom. The number of carbonyl (C=O) groups excluding carboxylic acids is 1. The summed E-state index contributed by atoms with van der Waals surface area (Å²) in [7, 11) is 0. The fraction of sp³-hybridized carbons (Fsp3) is 0. The van der Waals surface area contributed by atoms with E-state index in [2.05, 4.69) is 20.9 Å². The molecule has 4 heteroatoms. The van der Waals surface area contributed by atoms with Gasteiger partial charge in [-0.2, -0.15) is 4.99 Å². The standard InChI is InChI=1S/C7H3BrFNO/c8-5-1-2-6(9)7(3-5)10-4-11/h1-3H. The first-order valence-corrected chi connectivity index (χ1v) is 3.56. The maximum absolute atomic E-state index is 12.7. The van der Waals surface area contributed by atoms with Gasteiger partial charge in [0.15, 0.2) is 0 Å². The third-order valence-corrected chi connectivity index (χ3v) is 1.57. The van der Waals surface area contributed by atoms with E-state index in [4.69, 9.17) is 0 Å². The maximum Gasteiger partial charge on any atom is 0.240 e. The molecule has 0 atom stereocenters. The highest BCUT2D eigenvalue weighted by Crippen LogP contribution is 2.21. The van der Waals surface area contributed by atoms with Crippen LogP contribution in [0.2, 0.25) is 0 Å². The average Bonchev–Trinajstić information content (AvgIpc) is 1.98. The summed E-state index contributed by atoms with van der Waals surface area (Å²) < 4.78 is 13.3. The minimum absolute atomic E-state index is 0.00521. The summed E-state index contributed by atoms with van der Waals surface area (Å²) in [6.07, 6.45) is 1.27. The molecule has 0 bridgehead atoms. The van der Waals surface area contributed by atoms with Gasteiger partial charge in [0.2, 0.25) is 6.08 Å². The zero-order chi connectivity index (χ0) is 8.27. The van der Waals surface area contributed by atoms with Crippen molar-refractivity contribution in [1.82, 2.24) is 0 Å². The molecular weight excluding hydrogens is 213 g/mol. The van der Waals surface area contributed by atoms with E-state index in [0.717, 1.165) is 0 Å². The zero-order valence-corrected chi connectivity index (χ0v) is 6.93. The normalized spacial score (nSPS) is 8.91. The monoisotopic (exact) mass is 215 g/mol. The number of halogens is 2. The van der Waals surface area contributed by atoms with Gasteiger partial charge in [0.1, 0.15) is 11.5 Å². The van der Waals surface area contributed by atoms with Gasteiger partial charge in [-0.05, 0) is 18.2 Å². The van der Waals surface area contributed by atoms with Crippen molar-refractivity contribution in [3.63, 3.8) is 0 Å². The fourth-order valence-corrected chi connectivity index (χ4v) is 0.970. The molecule has 11 heavy (non-hydrogen) atoms. The van der Waals surface area contributed by atoms with Gasteiger partial charge in [-0.3, -0.25) is 0 Å². The van der Waals surface area contributed by atoms with Crippen LogP contribution in [0.1, 0.15) is 0 Å². The minimum atomic E-state index is -0.531. The van der Waals surface area contributed by atoms with Gasteiger partial charge < -0.3 is 0 Å². The van der Waals surface area contributed by atoms with Crippen molar-refractivity contribution < 1.29 is 9.18 Å². The number of rotatable bonds is 1. The molecule has 56 valence electrons. The van der Waals surface area contributed by atoms with Crippen LogP contribution in [0.25, 0.3) is 0 Å². The number of isocyanates is 1. The lowest BCUT2D eigenvalue weighted by Crippen LogP contribution is -1.74. The molecule has 1 aromatic rings. The largest absolute Gasteiger partial charge is 0.240 e. The Labute approximate surface area is 70.9 Å². The van der Waals surface area contributed by atoms with Gasteiger partial charge in [-0.1, -0.05) is 15.9 Å². The predicted molar refractivity (Wildman–Crippen MR) is 41.9 cm³/mol. The molecule has 0 aliphatic carbocycles. The highest BCUT2D eigenvalue weighted by molar-refractivity contribution is 9.10.